The molecule has 138 valence electrons. The number of hydrogen-bond donors (Lipinski definition) is 3. The summed E-state index contributed by atoms with van der Waals surface area (Å²) in [6.45, 7) is 9.46. The van der Waals surface area contributed by atoms with Gasteiger partial charge in [-0.3, -0.25) is 10.00 Å². The lowest BCUT2D eigenvalue weighted by atomic mass is 10.1. The van der Waals surface area contributed by atoms with E-state index in [0.29, 0.717) is 18.3 Å². The molecule has 2 amide bonds. The van der Waals surface area contributed by atoms with Crippen molar-refractivity contribution in [2.45, 2.75) is 19.8 Å². The summed E-state index contributed by atoms with van der Waals surface area (Å²) in [5.41, 5.74) is 1.59. The zero-order chi connectivity index (χ0) is 18.4. The Balaban J connectivity index is 1.51. The molecule has 2 heterocycles. The fourth-order valence-electron chi connectivity index (χ4n) is 3.16. The molecule has 3 N–H and O–H groups in total. The first-order valence-electron chi connectivity index (χ1n) is 9.07. The van der Waals surface area contributed by atoms with E-state index in [0.717, 1.165) is 49.6 Å². The second-order valence-electron chi connectivity index (χ2n) is 6.58. The number of rotatable bonds is 7. The third-order valence-corrected chi connectivity index (χ3v) is 4.55. The number of likely N-dealkylation sites (tertiary alicyclic amines) is 1. The van der Waals surface area contributed by atoms with Crippen LogP contribution in [0.1, 0.15) is 19.2 Å². The monoisotopic (exact) mass is 354 g/mol. The van der Waals surface area contributed by atoms with Gasteiger partial charge in [-0.05, 0) is 31.0 Å². The molecule has 1 aliphatic heterocycles. The summed E-state index contributed by atoms with van der Waals surface area (Å²) in [4.78, 5) is 19.0. The van der Waals surface area contributed by atoms with E-state index >= 15 is 0 Å². The van der Waals surface area contributed by atoms with Crippen LogP contribution in [0.4, 0.5) is 10.5 Å². The van der Waals surface area contributed by atoms with Crippen LogP contribution in [0.5, 0.6) is 0 Å². The summed E-state index contributed by atoms with van der Waals surface area (Å²) < 4.78 is 0. The maximum atomic E-state index is 12.2. The van der Waals surface area contributed by atoms with Crippen LogP contribution in [0.2, 0.25) is 0 Å². The quantitative estimate of drug-likeness (QED) is 0.667. The van der Waals surface area contributed by atoms with E-state index in [1.54, 1.807) is 0 Å². The molecule has 1 aromatic heterocycles. The molecule has 1 aromatic carbocycles. The van der Waals surface area contributed by atoms with Gasteiger partial charge in [-0.15, -0.1) is 6.58 Å². The van der Waals surface area contributed by atoms with Crippen LogP contribution in [0.3, 0.4) is 0 Å². The van der Waals surface area contributed by atoms with E-state index in [1.165, 1.54) is 0 Å². The van der Waals surface area contributed by atoms with Crippen molar-refractivity contribution in [3.05, 3.63) is 42.7 Å². The second-order valence-corrected chi connectivity index (χ2v) is 6.58. The highest BCUT2D eigenvalue weighted by Gasteiger charge is 2.21. The smallest absolute Gasteiger partial charge is 0.319 e. The molecule has 3 rings (SSSR count). The Kier molecular flexibility index (Phi) is 6.01. The Morgan fingerprint density at radius 2 is 2.38 bits per heavy atom. The van der Waals surface area contributed by atoms with Crippen LogP contribution >= 0.6 is 0 Å². The van der Waals surface area contributed by atoms with E-state index < -0.39 is 0 Å². The number of aromatic nitrogens is 3. The maximum absolute atomic E-state index is 12.2. The molecule has 1 saturated heterocycles. The first-order chi connectivity index (χ1) is 12.7. The highest BCUT2D eigenvalue weighted by Crippen LogP contribution is 2.19. The second kappa shape index (κ2) is 8.62. The van der Waals surface area contributed by atoms with Gasteiger partial charge in [0.2, 0.25) is 0 Å². The molecule has 0 bridgehead atoms. The number of nitrogens with one attached hydrogen (secondary N) is 3. The Hall–Kier alpha value is -2.67. The summed E-state index contributed by atoms with van der Waals surface area (Å²) in [6.07, 6.45) is 3.83. The number of amides is 2. The SMILES string of the molecule is C=CCN1CC[C@@H](CNC(=O)Nc2cccc(-c3n[nH]c(CC)n3)c2)C1. The molecule has 0 unspecified atom stereocenters. The highest BCUT2D eigenvalue weighted by molar-refractivity contribution is 5.89. The number of H-pyrrole nitrogens is 1. The number of carbonyl (C=O) groups excluding carboxylic acids is 1. The van der Waals surface area contributed by atoms with Crippen LogP contribution < -0.4 is 10.6 Å². The summed E-state index contributed by atoms with van der Waals surface area (Å²) in [6, 6.07) is 7.37. The summed E-state index contributed by atoms with van der Waals surface area (Å²) in [7, 11) is 0. The lowest BCUT2D eigenvalue weighted by Crippen LogP contribution is -2.34. The number of benzene rings is 1. The molecule has 0 aliphatic carbocycles. The average molecular weight is 354 g/mol. The molecule has 7 nitrogen and oxygen atoms in total. The molecule has 1 aliphatic rings. The van der Waals surface area contributed by atoms with E-state index in [-0.39, 0.29) is 6.03 Å². The van der Waals surface area contributed by atoms with Gasteiger partial charge < -0.3 is 10.6 Å². The zero-order valence-electron chi connectivity index (χ0n) is 15.2. The molecular formula is C19H26N6O. The van der Waals surface area contributed by atoms with Crippen molar-refractivity contribution >= 4 is 11.7 Å². The minimum absolute atomic E-state index is 0.187. The predicted molar refractivity (Wildman–Crippen MR) is 103 cm³/mol. The topological polar surface area (TPSA) is 85.9 Å². The number of carbonyl (C=O) groups is 1. The maximum Gasteiger partial charge on any atom is 0.319 e. The number of urea groups is 1. The molecule has 7 heteroatoms. The standard InChI is InChI=1S/C19H26N6O/c1-3-9-25-10-8-14(13-25)12-20-19(26)21-16-7-5-6-15(11-16)18-22-17(4-2)23-24-18/h3,5-7,11,14H,1,4,8-10,12-13H2,2H3,(H2,20,21,26)(H,22,23,24)/t14-/m0/s1. The number of nitrogens with zero attached hydrogens (tertiary/aromatic N) is 3. The fraction of sp³-hybridized carbons (Fsp3) is 0.421. The van der Waals surface area contributed by atoms with Gasteiger partial charge in [0, 0.05) is 37.3 Å². The first-order valence-corrected chi connectivity index (χ1v) is 9.07. The lowest BCUT2D eigenvalue weighted by molar-refractivity contribution is 0.250. The van der Waals surface area contributed by atoms with Gasteiger partial charge in [0.1, 0.15) is 5.82 Å². The zero-order valence-corrected chi connectivity index (χ0v) is 15.2. The van der Waals surface area contributed by atoms with Gasteiger partial charge in [0.15, 0.2) is 5.82 Å². The highest BCUT2D eigenvalue weighted by atomic mass is 16.2. The molecule has 2 aromatic rings. The molecule has 1 atom stereocenters. The minimum Gasteiger partial charge on any atom is -0.338 e. The number of hydrogen-bond acceptors (Lipinski definition) is 4. The third-order valence-electron chi connectivity index (χ3n) is 4.55. The van der Waals surface area contributed by atoms with Crippen molar-refractivity contribution in [2.24, 2.45) is 5.92 Å². The number of aromatic amines is 1. The van der Waals surface area contributed by atoms with Gasteiger partial charge in [0.25, 0.3) is 0 Å². The molecule has 0 saturated carbocycles. The van der Waals surface area contributed by atoms with Gasteiger partial charge in [-0.1, -0.05) is 25.1 Å². The van der Waals surface area contributed by atoms with Crippen molar-refractivity contribution in [2.75, 3.05) is 31.5 Å². The van der Waals surface area contributed by atoms with Gasteiger partial charge in [-0.2, -0.15) is 5.10 Å². The molecular weight excluding hydrogens is 328 g/mol. The van der Waals surface area contributed by atoms with Crippen LogP contribution in [-0.2, 0) is 6.42 Å². The third kappa shape index (κ3) is 4.70. The minimum atomic E-state index is -0.187. The van der Waals surface area contributed by atoms with Crippen LogP contribution in [-0.4, -0.2) is 52.3 Å². The Morgan fingerprint density at radius 1 is 1.50 bits per heavy atom. The fourth-order valence-corrected chi connectivity index (χ4v) is 3.16. The van der Waals surface area contributed by atoms with Crippen molar-refractivity contribution in [1.82, 2.24) is 25.4 Å². The number of aryl methyl sites for hydroxylation is 1. The largest absolute Gasteiger partial charge is 0.338 e. The molecule has 1 fully saturated rings. The summed E-state index contributed by atoms with van der Waals surface area (Å²) in [5.74, 6) is 1.98. The van der Waals surface area contributed by atoms with E-state index in [1.807, 2.05) is 37.3 Å². The van der Waals surface area contributed by atoms with Gasteiger partial charge in [-0.25, -0.2) is 9.78 Å². The van der Waals surface area contributed by atoms with Crippen molar-refractivity contribution < 1.29 is 4.79 Å². The van der Waals surface area contributed by atoms with Crippen molar-refractivity contribution in [1.29, 1.82) is 0 Å². The van der Waals surface area contributed by atoms with Crippen molar-refractivity contribution in [3.63, 3.8) is 0 Å². The van der Waals surface area contributed by atoms with Gasteiger partial charge >= 0.3 is 6.03 Å². The van der Waals surface area contributed by atoms with Crippen LogP contribution in [0, 0.1) is 5.92 Å². The predicted octanol–water partition coefficient (Wildman–Crippen LogP) is 2.66. The molecule has 0 spiro atoms. The summed E-state index contributed by atoms with van der Waals surface area (Å²) >= 11 is 0. The normalized spacial score (nSPS) is 17.2. The lowest BCUT2D eigenvalue weighted by Gasteiger charge is -2.14. The van der Waals surface area contributed by atoms with E-state index in [2.05, 4.69) is 37.3 Å². The Morgan fingerprint density at radius 3 is 3.15 bits per heavy atom. The van der Waals surface area contributed by atoms with Gasteiger partial charge in [0.05, 0.1) is 0 Å². The van der Waals surface area contributed by atoms with Crippen LogP contribution in [0.25, 0.3) is 11.4 Å². The number of anilines is 1. The van der Waals surface area contributed by atoms with E-state index in [9.17, 15) is 4.79 Å². The van der Waals surface area contributed by atoms with Crippen LogP contribution in [0.15, 0.2) is 36.9 Å². The Bertz CT molecular complexity index is 756. The first kappa shape index (κ1) is 18.1. The van der Waals surface area contributed by atoms with Crippen molar-refractivity contribution in [3.8, 4) is 11.4 Å². The Labute approximate surface area is 153 Å². The van der Waals surface area contributed by atoms with E-state index in [4.69, 9.17) is 0 Å². The average Bonchev–Trinajstić information content (AvgIpc) is 3.30. The summed E-state index contributed by atoms with van der Waals surface area (Å²) in [5, 5.41) is 13.0. The molecule has 0 radical (unpaired) electrons. The molecule has 26 heavy (non-hydrogen) atoms.